The minimum Gasteiger partial charge on any atom is -0.481 e. The average Bonchev–Trinajstić information content (AvgIpc) is 2.48. The topological polar surface area (TPSA) is 86.6 Å². The molecule has 0 aromatic heterocycles. The number of aliphatic hydroxyl groups excluding tert-OH is 1. The van der Waals surface area contributed by atoms with Gasteiger partial charge in [0.15, 0.2) is 0 Å². The Morgan fingerprint density at radius 3 is 2.10 bits per heavy atom. The van der Waals surface area contributed by atoms with Crippen LogP contribution in [-0.2, 0) is 16.2 Å². The molecule has 0 heterocycles. The minimum absolute atomic E-state index is 0.0204. The zero-order valence-corrected chi connectivity index (χ0v) is 11.2. The first-order chi connectivity index (χ1) is 9.60. The van der Waals surface area contributed by atoms with E-state index >= 15 is 0 Å². The van der Waals surface area contributed by atoms with E-state index in [9.17, 15) is 9.59 Å². The van der Waals surface area contributed by atoms with Crippen LogP contribution in [0.25, 0.3) is 0 Å². The normalized spacial score (nSPS) is 22.2. The molecule has 5 heteroatoms. The van der Waals surface area contributed by atoms with Crippen LogP contribution in [0.2, 0.25) is 0 Å². The molecule has 0 unspecified atom stereocenters. The second-order valence-electron chi connectivity index (χ2n) is 5.23. The first-order valence-corrected chi connectivity index (χ1v) is 6.83. The number of anilines is 1. The second kappa shape index (κ2) is 6.52. The number of hydrogen-bond donors (Lipinski definition) is 3. The smallest absolute Gasteiger partial charge is 0.306 e. The summed E-state index contributed by atoms with van der Waals surface area (Å²) < 4.78 is 0. The fraction of sp³-hybridized carbons (Fsp3) is 0.467. The lowest BCUT2D eigenvalue weighted by molar-refractivity contribution is -0.143. The van der Waals surface area contributed by atoms with E-state index < -0.39 is 5.97 Å². The van der Waals surface area contributed by atoms with Crippen molar-refractivity contribution in [1.29, 1.82) is 0 Å². The van der Waals surface area contributed by atoms with Crippen molar-refractivity contribution in [2.45, 2.75) is 32.3 Å². The van der Waals surface area contributed by atoms with Crippen LogP contribution in [0, 0.1) is 11.8 Å². The molecule has 5 nitrogen and oxygen atoms in total. The maximum atomic E-state index is 12.1. The van der Waals surface area contributed by atoms with Gasteiger partial charge in [-0.15, -0.1) is 0 Å². The van der Waals surface area contributed by atoms with Crippen molar-refractivity contribution in [2.75, 3.05) is 5.32 Å². The highest BCUT2D eigenvalue weighted by molar-refractivity contribution is 5.92. The van der Waals surface area contributed by atoms with Crippen molar-refractivity contribution >= 4 is 17.6 Å². The van der Waals surface area contributed by atoms with Gasteiger partial charge in [0.2, 0.25) is 5.91 Å². The molecule has 2 rings (SSSR count). The summed E-state index contributed by atoms with van der Waals surface area (Å²) in [6.07, 6.45) is 2.38. The van der Waals surface area contributed by atoms with Gasteiger partial charge in [0.25, 0.3) is 0 Å². The number of rotatable bonds is 4. The van der Waals surface area contributed by atoms with Gasteiger partial charge in [-0.2, -0.15) is 0 Å². The number of carbonyl (C=O) groups is 2. The number of hydrogen-bond acceptors (Lipinski definition) is 3. The molecule has 1 aromatic carbocycles. The zero-order valence-electron chi connectivity index (χ0n) is 11.2. The number of carboxylic acid groups (broad SMARTS) is 1. The van der Waals surface area contributed by atoms with Crippen LogP contribution in [0.3, 0.4) is 0 Å². The number of carboxylic acids is 1. The highest BCUT2D eigenvalue weighted by Crippen LogP contribution is 2.29. The Morgan fingerprint density at radius 2 is 1.60 bits per heavy atom. The number of aliphatic carboxylic acids is 1. The van der Waals surface area contributed by atoms with Crippen LogP contribution in [0.5, 0.6) is 0 Å². The highest BCUT2D eigenvalue weighted by atomic mass is 16.4. The van der Waals surface area contributed by atoms with Crippen molar-refractivity contribution < 1.29 is 19.8 Å². The standard InChI is InChI=1S/C15H19NO4/c17-9-10-1-7-13(8-2-10)16-14(18)11-3-5-12(6-4-11)15(19)20/h1-2,7-8,11-12,17H,3-6,9H2,(H,16,18)(H,19,20). The molecule has 0 bridgehead atoms. The maximum absolute atomic E-state index is 12.1. The zero-order chi connectivity index (χ0) is 14.5. The molecule has 1 aliphatic carbocycles. The van der Waals surface area contributed by atoms with Crippen molar-refractivity contribution in [3.63, 3.8) is 0 Å². The van der Waals surface area contributed by atoms with Crippen molar-refractivity contribution in [3.05, 3.63) is 29.8 Å². The molecular weight excluding hydrogens is 258 g/mol. The Morgan fingerprint density at radius 1 is 1.05 bits per heavy atom. The minimum atomic E-state index is -0.761. The summed E-state index contributed by atoms with van der Waals surface area (Å²) in [5, 5.41) is 20.7. The molecule has 0 atom stereocenters. The van der Waals surface area contributed by atoms with Gasteiger partial charge in [-0.1, -0.05) is 12.1 Å². The monoisotopic (exact) mass is 277 g/mol. The molecule has 1 saturated carbocycles. The fourth-order valence-electron chi connectivity index (χ4n) is 2.54. The summed E-state index contributed by atoms with van der Waals surface area (Å²) in [6.45, 7) is -0.0204. The molecule has 1 aliphatic rings. The predicted octanol–water partition coefficient (Wildman–Crippen LogP) is 2.01. The van der Waals surface area contributed by atoms with Crippen LogP contribution in [0.4, 0.5) is 5.69 Å². The molecule has 1 amide bonds. The Hall–Kier alpha value is -1.88. The van der Waals surface area contributed by atoms with Gasteiger partial charge in [0.1, 0.15) is 0 Å². The molecule has 1 fully saturated rings. The third-order valence-electron chi connectivity index (χ3n) is 3.85. The van der Waals surface area contributed by atoms with E-state index in [1.807, 2.05) is 0 Å². The molecule has 0 saturated heterocycles. The number of amides is 1. The second-order valence-corrected chi connectivity index (χ2v) is 5.23. The summed E-state index contributed by atoms with van der Waals surface area (Å²) in [6, 6.07) is 7.03. The summed E-state index contributed by atoms with van der Waals surface area (Å²) >= 11 is 0. The van der Waals surface area contributed by atoms with E-state index in [-0.39, 0.29) is 24.3 Å². The quantitative estimate of drug-likeness (QED) is 0.785. The lowest BCUT2D eigenvalue weighted by Gasteiger charge is -2.25. The molecule has 108 valence electrons. The maximum Gasteiger partial charge on any atom is 0.306 e. The van der Waals surface area contributed by atoms with Crippen LogP contribution in [0.1, 0.15) is 31.2 Å². The van der Waals surface area contributed by atoms with Gasteiger partial charge in [-0.25, -0.2) is 0 Å². The molecular formula is C15H19NO4. The van der Waals surface area contributed by atoms with Gasteiger partial charge in [0.05, 0.1) is 12.5 Å². The SMILES string of the molecule is O=C(O)C1CCC(C(=O)Nc2ccc(CO)cc2)CC1. The molecule has 20 heavy (non-hydrogen) atoms. The fourth-order valence-corrected chi connectivity index (χ4v) is 2.54. The predicted molar refractivity (Wildman–Crippen MR) is 74.1 cm³/mol. The average molecular weight is 277 g/mol. The van der Waals surface area contributed by atoms with E-state index in [1.54, 1.807) is 24.3 Å². The van der Waals surface area contributed by atoms with Gasteiger partial charge >= 0.3 is 5.97 Å². The Balaban J connectivity index is 1.87. The van der Waals surface area contributed by atoms with Gasteiger partial charge < -0.3 is 15.5 Å². The van der Waals surface area contributed by atoms with E-state index in [1.165, 1.54) is 0 Å². The number of carbonyl (C=O) groups excluding carboxylic acids is 1. The number of nitrogens with one attached hydrogen (secondary N) is 1. The molecule has 0 aliphatic heterocycles. The van der Waals surface area contributed by atoms with E-state index in [0.717, 1.165) is 5.56 Å². The lowest BCUT2D eigenvalue weighted by Crippen LogP contribution is -2.29. The highest BCUT2D eigenvalue weighted by Gasteiger charge is 2.29. The largest absolute Gasteiger partial charge is 0.481 e. The number of aliphatic hydroxyl groups is 1. The van der Waals surface area contributed by atoms with Crippen molar-refractivity contribution in [1.82, 2.24) is 0 Å². The van der Waals surface area contributed by atoms with Crippen LogP contribution in [0.15, 0.2) is 24.3 Å². The molecule has 3 N–H and O–H groups in total. The Kier molecular flexibility index (Phi) is 4.74. The van der Waals surface area contributed by atoms with E-state index in [4.69, 9.17) is 10.2 Å². The molecule has 0 spiro atoms. The molecule has 0 radical (unpaired) electrons. The van der Waals surface area contributed by atoms with Crippen LogP contribution in [-0.4, -0.2) is 22.1 Å². The van der Waals surface area contributed by atoms with Gasteiger partial charge in [-0.05, 0) is 43.4 Å². The molecule has 1 aromatic rings. The van der Waals surface area contributed by atoms with Gasteiger partial charge in [0, 0.05) is 11.6 Å². The van der Waals surface area contributed by atoms with Crippen molar-refractivity contribution in [2.24, 2.45) is 11.8 Å². The summed E-state index contributed by atoms with van der Waals surface area (Å²) in [4.78, 5) is 23.0. The lowest BCUT2D eigenvalue weighted by atomic mass is 9.81. The number of benzene rings is 1. The van der Waals surface area contributed by atoms with Crippen molar-refractivity contribution in [3.8, 4) is 0 Å². The van der Waals surface area contributed by atoms with Gasteiger partial charge in [-0.3, -0.25) is 9.59 Å². The Bertz CT molecular complexity index is 475. The van der Waals surface area contributed by atoms with E-state index in [0.29, 0.717) is 31.4 Å². The summed E-state index contributed by atoms with van der Waals surface area (Å²) in [7, 11) is 0. The van der Waals surface area contributed by atoms with Crippen LogP contribution >= 0.6 is 0 Å². The first-order valence-electron chi connectivity index (χ1n) is 6.83. The van der Waals surface area contributed by atoms with E-state index in [2.05, 4.69) is 5.32 Å². The first kappa shape index (κ1) is 14.5. The summed E-state index contributed by atoms with van der Waals surface area (Å²) in [5.41, 5.74) is 1.50. The summed E-state index contributed by atoms with van der Waals surface area (Å²) in [5.74, 6) is -1.22. The Labute approximate surface area is 117 Å². The third kappa shape index (κ3) is 3.57. The van der Waals surface area contributed by atoms with Crippen LogP contribution < -0.4 is 5.32 Å². The third-order valence-corrected chi connectivity index (χ3v) is 3.85.